The Morgan fingerprint density at radius 3 is 2.71 bits per heavy atom. The van der Waals surface area contributed by atoms with Crippen molar-refractivity contribution < 1.29 is 9.53 Å². The molecule has 0 unspecified atom stereocenters. The predicted molar refractivity (Wildman–Crippen MR) is 129 cm³/mol. The van der Waals surface area contributed by atoms with Crippen molar-refractivity contribution >= 4 is 56.0 Å². The smallest absolute Gasteiger partial charge is 0.239 e. The number of halogens is 1. The van der Waals surface area contributed by atoms with Crippen LogP contribution in [-0.2, 0) is 11.3 Å². The number of hydrogen-bond acceptors (Lipinski definition) is 6. The number of carbonyl (C=O) groups excluding carboxylic acids is 1. The number of carbonyl (C=O) groups is 1. The van der Waals surface area contributed by atoms with E-state index in [1.807, 2.05) is 55.5 Å². The van der Waals surface area contributed by atoms with Gasteiger partial charge in [0.1, 0.15) is 11.3 Å². The Kier molecular flexibility index (Phi) is 6.75. The number of anilines is 1. The van der Waals surface area contributed by atoms with Crippen molar-refractivity contribution in [2.45, 2.75) is 18.4 Å². The van der Waals surface area contributed by atoms with E-state index in [2.05, 4.69) is 4.98 Å². The Morgan fingerprint density at radius 2 is 2.00 bits per heavy atom. The Labute approximate surface area is 194 Å². The standard InChI is InChI=1S/C23H20ClN3O2S2/c1-15-5-10-19(29-2)21-22(15)31-23(26-21)27(13-16-4-3-11-25-12-16)20(28)14-30-18-8-6-17(24)7-9-18/h3-12H,13-14H2,1-2H3. The van der Waals surface area contributed by atoms with E-state index in [0.29, 0.717) is 22.4 Å². The van der Waals surface area contributed by atoms with Gasteiger partial charge in [-0.2, -0.15) is 0 Å². The summed E-state index contributed by atoms with van der Waals surface area (Å²) in [5.41, 5.74) is 2.82. The SMILES string of the molecule is COc1ccc(C)c2sc(N(Cc3cccnc3)C(=O)CSc3ccc(Cl)cc3)nc12. The zero-order valence-corrected chi connectivity index (χ0v) is 19.4. The molecule has 0 aliphatic heterocycles. The highest BCUT2D eigenvalue weighted by Gasteiger charge is 2.22. The fourth-order valence-electron chi connectivity index (χ4n) is 3.07. The first-order chi connectivity index (χ1) is 15.0. The normalized spacial score (nSPS) is 10.9. The minimum absolute atomic E-state index is 0.0283. The fraction of sp³-hybridized carbons (Fsp3) is 0.174. The molecule has 31 heavy (non-hydrogen) atoms. The lowest BCUT2D eigenvalue weighted by atomic mass is 10.2. The lowest BCUT2D eigenvalue weighted by Gasteiger charge is -2.19. The molecular weight excluding hydrogens is 450 g/mol. The van der Waals surface area contributed by atoms with E-state index in [4.69, 9.17) is 21.3 Å². The number of fused-ring (bicyclic) bond motifs is 1. The van der Waals surface area contributed by atoms with E-state index < -0.39 is 0 Å². The molecule has 2 aromatic heterocycles. The number of ether oxygens (including phenoxy) is 1. The first-order valence-corrected chi connectivity index (χ1v) is 11.7. The number of rotatable bonds is 7. The Balaban J connectivity index is 1.65. The summed E-state index contributed by atoms with van der Waals surface area (Å²) in [7, 11) is 1.63. The first-order valence-electron chi connectivity index (χ1n) is 9.57. The van der Waals surface area contributed by atoms with Crippen LogP contribution in [0.25, 0.3) is 10.2 Å². The van der Waals surface area contributed by atoms with Crippen molar-refractivity contribution in [1.29, 1.82) is 0 Å². The van der Waals surface area contributed by atoms with Crippen LogP contribution in [0.4, 0.5) is 5.13 Å². The fourth-order valence-corrected chi connectivity index (χ4v) is 5.04. The zero-order chi connectivity index (χ0) is 21.8. The zero-order valence-electron chi connectivity index (χ0n) is 17.0. The number of hydrogen-bond donors (Lipinski definition) is 0. The highest BCUT2D eigenvalue weighted by molar-refractivity contribution is 8.00. The predicted octanol–water partition coefficient (Wildman–Crippen LogP) is 5.99. The van der Waals surface area contributed by atoms with Crippen LogP contribution in [0, 0.1) is 6.92 Å². The molecule has 158 valence electrons. The first kappa shape index (κ1) is 21.6. The lowest BCUT2D eigenvalue weighted by Crippen LogP contribution is -2.31. The molecule has 0 bridgehead atoms. The molecule has 5 nitrogen and oxygen atoms in total. The van der Waals surface area contributed by atoms with Crippen molar-refractivity contribution in [3.05, 3.63) is 77.1 Å². The molecule has 2 aromatic carbocycles. The molecule has 1 amide bonds. The van der Waals surface area contributed by atoms with Gasteiger partial charge < -0.3 is 4.74 Å². The molecule has 0 saturated heterocycles. The summed E-state index contributed by atoms with van der Waals surface area (Å²) in [6, 6.07) is 15.2. The van der Waals surface area contributed by atoms with Crippen molar-refractivity contribution in [2.24, 2.45) is 0 Å². The Morgan fingerprint density at radius 1 is 1.19 bits per heavy atom. The Hall–Kier alpha value is -2.61. The number of aryl methyl sites for hydroxylation is 1. The van der Waals surface area contributed by atoms with Gasteiger partial charge in [0.15, 0.2) is 5.13 Å². The molecular formula is C23H20ClN3O2S2. The molecule has 0 atom stereocenters. The van der Waals surface area contributed by atoms with Crippen molar-refractivity contribution in [3.8, 4) is 5.75 Å². The van der Waals surface area contributed by atoms with E-state index in [1.165, 1.54) is 23.1 Å². The molecule has 0 radical (unpaired) electrons. The van der Waals surface area contributed by atoms with Gasteiger partial charge in [0, 0.05) is 22.3 Å². The third-order valence-electron chi connectivity index (χ3n) is 4.68. The van der Waals surface area contributed by atoms with Gasteiger partial charge >= 0.3 is 0 Å². The number of benzene rings is 2. The number of thioether (sulfide) groups is 1. The van der Waals surface area contributed by atoms with Crippen LogP contribution >= 0.6 is 34.7 Å². The number of amides is 1. The number of aromatic nitrogens is 2. The van der Waals surface area contributed by atoms with Gasteiger partial charge in [-0.05, 0) is 54.4 Å². The Bertz CT molecular complexity index is 1200. The van der Waals surface area contributed by atoms with Crippen LogP contribution in [0.3, 0.4) is 0 Å². The molecule has 2 heterocycles. The summed E-state index contributed by atoms with van der Waals surface area (Å²) >= 11 is 8.94. The lowest BCUT2D eigenvalue weighted by molar-refractivity contribution is -0.116. The molecule has 8 heteroatoms. The maximum Gasteiger partial charge on any atom is 0.239 e. The van der Waals surface area contributed by atoms with Crippen LogP contribution in [-0.4, -0.2) is 28.7 Å². The quantitative estimate of drug-likeness (QED) is 0.311. The topological polar surface area (TPSA) is 55.3 Å². The largest absolute Gasteiger partial charge is 0.494 e. The molecule has 0 aliphatic rings. The summed E-state index contributed by atoms with van der Waals surface area (Å²) in [4.78, 5) is 25.0. The van der Waals surface area contributed by atoms with E-state index in [9.17, 15) is 4.79 Å². The molecule has 4 rings (SSSR count). The molecule has 0 N–H and O–H groups in total. The third kappa shape index (κ3) is 5.01. The monoisotopic (exact) mass is 469 g/mol. The number of methoxy groups -OCH3 is 1. The summed E-state index contributed by atoms with van der Waals surface area (Å²) in [6.45, 7) is 2.43. The van der Waals surface area contributed by atoms with Gasteiger partial charge in [-0.15, -0.1) is 11.8 Å². The van der Waals surface area contributed by atoms with Gasteiger partial charge in [-0.1, -0.05) is 35.1 Å². The summed E-state index contributed by atoms with van der Waals surface area (Å²) in [5, 5.41) is 1.32. The van der Waals surface area contributed by atoms with E-state index in [-0.39, 0.29) is 11.7 Å². The molecule has 0 fully saturated rings. The highest BCUT2D eigenvalue weighted by atomic mass is 35.5. The van der Waals surface area contributed by atoms with E-state index in [1.54, 1.807) is 24.4 Å². The number of nitrogens with zero attached hydrogens (tertiary/aromatic N) is 3. The minimum atomic E-state index is -0.0283. The van der Waals surface area contributed by atoms with Gasteiger partial charge in [0.25, 0.3) is 0 Å². The van der Waals surface area contributed by atoms with Crippen LogP contribution in [0.15, 0.2) is 65.8 Å². The average molecular weight is 470 g/mol. The molecule has 0 spiro atoms. The van der Waals surface area contributed by atoms with Crippen molar-refractivity contribution in [2.75, 3.05) is 17.8 Å². The minimum Gasteiger partial charge on any atom is -0.494 e. The summed E-state index contributed by atoms with van der Waals surface area (Å²) in [5.74, 6) is 0.959. The molecule has 4 aromatic rings. The molecule has 0 saturated carbocycles. The highest BCUT2D eigenvalue weighted by Crippen LogP contribution is 2.37. The maximum absolute atomic E-state index is 13.3. The summed E-state index contributed by atoms with van der Waals surface area (Å²) < 4.78 is 6.50. The number of pyridine rings is 1. The van der Waals surface area contributed by atoms with Gasteiger partial charge in [0.05, 0.1) is 24.1 Å². The second-order valence-electron chi connectivity index (χ2n) is 6.84. The third-order valence-corrected chi connectivity index (χ3v) is 7.15. The maximum atomic E-state index is 13.3. The average Bonchev–Trinajstić information content (AvgIpc) is 3.24. The number of thiazole rings is 1. The summed E-state index contributed by atoms with van der Waals surface area (Å²) in [6.07, 6.45) is 3.49. The van der Waals surface area contributed by atoms with E-state index in [0.717, 1.165) is 26.2 Å². The van der Waals surface area contributed by atoms with Crippen LogP contribution in [0.2, 0.25) is 5.02 Å². The van der Waals surface area contributed by atoms with Gasteiger partial charge in [-0.25, -0.2) is 4.98 Å². The van der Waals surface area contributed by atoms with Gasteiger partial charge in [-0.3, -0.25) is 14.7 Å². The van der Waals surface area contributed by atoms with Crippen LogP contribution in [0.1, 0.15) is 11.1 Å². The molecule has 0 aliphatic carbocycles. The second-order valence-corrected chi connectivity index (χ2v) is 9.31. The van der Waals surface area contributed by atoms with Gasteiger partial charge in [0.2, 0.25) is 5.91 Å². The van der Waals surface area contributed by atoms with Crippen molar-refractivity contribution in [1.82, 2.24) is 9.97 Å². The van der Waals surface area contributed by atoms with E-state index >= 15 is 0 Å². The van der Waals surface area contributed by atoms with Crippen LogP contribution in [0.5, 0.6) is 5.75 Å². The van der Waals surface area contributed by atoms with Crippen LogP contribution < -0.4 is 9.64 Å². The second kappa shape index (κ2) is 9.68. The van der Waals surface area contributed by atoms with Crippen molar-refractivity contribution in [3.63, 3.8) is 0 Å².